The van der Waals surface area contributed by atoms with Crippen LogP contribution in [-0.4, -0.2) is 35.2 Å². The number of likely N-dealkylation sites (N-methyl/N-ethyl adjacent to an activating group) is 1. The van der Waals surface area contributed by atoms with Crippen molar-refractivity contribution in [3.63, 3.8) is 0 Å². The van der Waals surface area contributed by atoms with Crippen LogP contribution < -0.4 is 0 Å². The highest BCUT2D eigenvalue weighted by Crippen LogP contribution is 2.24. The van der Waals surface area contributed by atoms with Gasteiger partial charge in [-0.15, -0.1) is 0 Å². The minimum Gasteiger partial charge on any atom is -0.360 e. The molecular weight excluding hydrogens is 254 g/mol. The number of aromatic amines is 1. The lowest BCUT2D eigenvalue weighted by molar-refractivity contribution is -0.125. The largest absolute Gasteiger partial charge is 0.360 e. The molecule has 6 heteroatoms. The zero-order valence-electron chi connectivity index (χ0n) is 10.5. The summed E-state index contributed by atoms with van der Waals surface area (Å²) in [5.41, 5.74) is 0.117. The van der Waals surface area contributed by atoms with E-state index in [9.17, 15) is 18.4 Å². The molecule has 1 aromatic heterocycles. The molecule has 0 unspecified atom stereocenters. The van der Waals surface area contributed by atoms with Crippen LogP contribution in [0.25, 0.3) is 10.9 Å². The van der Waals surface area contributed by atoms with Crippen molar-refractivity contribution in [2.45, 2.75) is 6.92 Å². The lowest BCUT2D eigenvalue weighted by Gasteiger charge is -2.12. The number of aromatic nitrogens is 1. The minimum absolute atomic E-state index is 0.155. The molecular formula is C13H12F2N2O2. The Morgan fingerprint density at radius 1 is 1.32 bits per heavy atom. The molecule has 1 amide bonds. The van der Waals surface area contributed by atoms with Gasteiger partial charge in [-0.25, -0.2) is 8.78 Å². The van der Waals surface area contributed by atoms with Crippen molar-refractivity contribution >= 4 is 22.6 Å². The molecule has 0 aliphatic heterocycles. The number of halogens is 2. The number of carbonyl (C=O) groups excluding carboxylic acids is 2. The Bertz CT molecular complexity index is 664. The molecule has 0 atom stereocenters. The number of amides is 1. The quantitative estimate of drug-likeness (QED) is 0.683. The molecule has 19 heavy (non-hydrogen) atoms. The van der Waals surface area contributed by atoms with Crippen LogP contribution in [0.15, 0.2) is 18.3 Å². The standard InChI is InChI=1S/C13H12F2N2O2/c1-3-17(2)13(19)12(18)7-6-16-9-5-4-8(14)11(15)10(7)9/h4-6,16H,3H2,1-2H3. The van der Waals surface area contributed by atoms with Crippen LogP contribution in [0.2, 0.25) is 0 Å². The number of hydrogen-bond donors (Lipinski definition) is 1. The lowest BCUT2D eigenvalue weighted by atomic mass is 10.1. The van der Waals surface area contributed by atoms with Gasteiger partial charge in [-0.2, -0.15) is 0 Å². The molecule has 0 spiro atoms. The fourth-order valence-electron chi connectivity index (χ4n) is 1.77. The average Bonchev–Trinajstić information content (AvgIpc) is 2.84. The Morgan fingerprint density at radius 3 is 2.63 bits per heavy atom. The molecule has 4 nitrogen and oxygen atoms in total. The highest BCUT2D eigenvalue weighted by molar-refractivity contribution is 6.44. The Balaban J connectivity index is 2.55. The molecule has 0 aliphatic rings. The maximum absolute atomic E-state index is 13.7. The molecule has 0 bridgehead atoms. The number of rotatable bonds is 3. The van der Waals surface area contributed by atoms with E-state index >= 15 is 0 Å². The third kappa shape index (κ3) is 2.09. The fourth-order valence-corrected chi connectivity index (χ4v) is 1.77. The van der Waals surface area contributed by atoms with Crippen molar-refractivity contribution in [1.29, 1.82) is 0 Å². The first kappa shape index (κ1) is 13.2. The maximum Gasteiger partial charge on any atom is 0.294 e. The van der Waals surface area contributed by atoms with E-state index in [1.54, 1.807) is 6.92 Å². The number of nitrogens with zero attached hydrogens (tertiary/aromatic N) is 1. The van der Waals surface area contributed by atoms with Gasteiger partial charge in [0.15, 0.2) is 11.6 Å². The zero-order valence-corrected chi connectivity index (χ0v) is 10.5. The number of fused-ring (bicyclic) bond motifs is 1. The molecule has 1 aromatic carbocycles. The van der Waals surface area contributed by atoms with Gasteiger partial charge in [-0.05, 0) is 19.1 Å². The summed E-state index contributed by atoms with van der Waals surface area (Å²) in [6.45, 7) is 2.06. The Labute approximate surface area is 108 Å². The fraction of sp³-hybridized carbons (Fsp3) is 0.231. The highest BCUT2D eigenvalue weighted by atomic mass is 19.2. The molecule has 100 valence electrons. The number of ketones is 1. The predicted octanol–water partition coefficient (Wildman–Crippen LogP) is 2.11. The summed E-state index contributed by atoms with van der Waals surface area (Å²) in [6, 6.07) is 2.28. The van der Waals surface area contributed by atoms with E-state index in [2.05, 4.69) is 4.98 Å². The molecule has 0 aliphatic carbocycles. The van der Waals surface area contributed by atoms with Crippen molar-refractivity contribution in [2.75, 3.05) is 13.6 Å². The van der Waals surface area contributed by atoms with Gasteiger partial charge in [0.1, 0.15) is 0 Å². The van der Waals surface area contributed by atoms with E-state index in [1.807, 2.05) is 0 Å². The number of carbonyl (C=O) groups is 2. The van der Waals surface area contributed by atoms with Crippen molar-refractivity contribution in [3.8, 4) is 0 Å². The highest BCUT2D eigenvalue weighted by Gasteiger charge is 2.25. The summed E-state index contributed by atoms with van der Waals surface area (Å²) >= 11 is 0. The third-order valence-corrected chi connectivity index (χ3v) is 3.00. The van der Waals surface area contributed by atoms with E-state index in [-0.39, 0.29) is 16.5 Å². The second-order valence-corrected chi connectivity index (χ2v) is 4.13. The van der Waals surface area contributed by atoms with Crippen molar-refractivity contribution in [1.82, 2.24) is 9.88 Å². The van der Waals surface area contributed by atoms with Gasteiger partial charge in [0.2, 0.25) is 0 Å². The molecule has 0 saturated carbocycles. The van der Waals surface area contributed by atoms with Crippen LogP contribution in [-0.2, 0) is 4.79 Å². The predicted molar refractivity (Wildman–Crippen MR) is 65.9 cm³/mol. The number of benzene rings is 1. The van der Waals surface area contributed by atoms with E-state index in [4.69, 9.17) is 0 Å². The molecule has 1 heterocycles. The first-order valence-corrected chi connectivity index (χ1v) is 5.72. The lowest BCUT2D eigenvalue weighted by Crippen LogP contribution is -2.33. The number of H-pyrrole nitrogens is 1. The van der Waals surface area contributed by atoms with E-state index in [1.165, 1.54) is 24.2 Å². The van der Waals surface area contributed by atoms with Crippen LogP contribution in [0.3, 0.4) is 0 Å². The van der Waals surface area contributed by atoms with E-state index < -0.39 is 23.3 Å². The molecule has 0 fully saturated rings. The Kier molecular flexibility index (Phi) is 3.33. The monoisotopic (exact) mass is 266 g/mol. The third-order valence-electron chi connectivity index (χ3n) is 3.00. The Hall–Kier alpha value is -2.24. The smallest absolute Gasteiger partial charge is 0.294 e. The summed E-state index contributed by atoms with van der Waals surface area (Å²) in [5.74, 6) is -3.81. The number of hydrogen-bond acceptors (Lipinski definition) is 2. The molecule has 2 aromatic rings. The molecule has 0 saturated heterocycles. The first-order valence-electron chi connectivity index (χ1n) is 5.72. The van der Waals surface area contributed by atoms with E-state index in [0.717, 1.165) is 6.07 Å². The van der Waals surface area contributed by atoms with Crippen LogP contribution in [0.1, 0.15) is 17.3 Å². The van der Waals surface area contributed by atoms with Crippen LogP contribution in [0.5, 0.6) is 0 Å². The molecule has 2 rings (SSSR count). The van der Waals surface area contributed by atoms with Crippen LogP contribution in [0, 0.1) is 11.6 Å². The molecule has 0 radical (unpaired) electrons. The first-order chi connectivity index (χ1) is 8.97. The van der Waals surface area contributed by atoms with Crippen molar-refractivity contribution < 1.29 is 18.4 Å². The van der Waals surface area contributed by atoms with Crippen LogP contribution in [0.4, 0.5) is 8.78 Å². The summed E-state index contributed by atoms with van der Waals surface area (Å²) < 4.78 is 26.9. The van der Waals surface area contributed by atoms with Gasteiger partial charge < -0.3 is 9.88 Å². The second kappa shape index (κ2) is 4.79. The summed E-state index contributed by atoms with van der Waals surface area (Å²) in [7, 11) is 1.46. The Morgan fingerprint density at radius 2 is 2.00 bits per heavy atom. The normalized spacial score (nSPS) is 10.7. The maximum atomic E-state index is 13.7. The minimum atomic E-state index is -1.13. The summed E-state index contributed by atoms with van der Waals surface area (Å²) in [6.07, 6.45) is 1.22. The van der Waals surface area contributed by atoms with Gasteiger partial charge in [-0.1, -0.05) is 0 Å². The van der Waals surface area contributed by atoms with Gasteiger partial charge in [-0.3, -0.25) is 9.59 Å². The zero-order chi connectivity index (χ0) is 14.2. The number of nitrogens with one attached hydrogen (secondary N) is 1. The van der Waals surface area contributed by atoms with Gasteiger partial charge >= 0.3 is 0 Å². The van der Waals surface area contributed by atoms with Crippen molar-refractivity contribution in [3.05, 3.63) is 35.5 Å². The van der Waals surface area contributed by atoms with Crippen molar-refractivity contribution in [2.24, 2.45) is 0 Å². The van der Waals surface area contributed by atoms with Crippen LogP contribution >= 0.6 is 0 Å². The van der Waals surface area contributed by atoms with Gasteiger partial charge in [0.05, 0.1) is 5.56 Å². The van der Waals surface area contributed by atoms with Gasteiger partial charge in [0, 0.05) is 30.7 Å². The number of Topliss-reactive ketones (excluding diaryl/α,β-unsaturated/α-hetero) is 1. The molecule has 1 N–H and O–H groups in total. The topological polar surface area (TPSA) is 53.2 Å². The van der Waals surface area contributed by atoms with E-state index in [0.29, 0.717) is 6.54 Å². The summed E-state index contributed by atoms with van der Waals surface area (Å²) in [4.78, 5) is 27.6. The SMILES string of the molecule is CCN(C)C(=O)C(=O)c1c[nH]c2ccc(F)c(F)c12. The average molecular weight is 266 g/mol. The van der Waals surface area contributed by atoms with Gasteiger partial charge in [0.25, 0.3) is 11.7 Å². The second-order valence-electron chi connectivity index (χ2n) is 4.13. The summed E-state index contributed by atoms with van der Waals surface area (Å²) in [5, 5.41) is -0.192.